The van der Waals surface area contributed by atoms with Gasteiger partial charge in [0, 0.05) is 0 Å². The molecular formula is C15H26N2O6. The number of nitrogens with two attached hydrogens (primary N) is 2. The first-order valence-corrected chi connectivity index (χ1v) is 7.62. The number of hydrogen-bond donors (Lipinski definition) is 2. The molecule has 0 amide bonds. The van der Waals surface area contributed by atoms with Crippen LogP contribution in [0, 0.1) is 5.41 Å². The standard InChI is InChI=1S/C15H26N2O6/c1-15(2)6-4-5-11(15)22-8-10(17)14(20)23-13(19)9(16)7-12(18)21-3/h9-11H,4-8,16-17H2,1-3H3/t9-,10-,11?/m0/s1. The molecule has 0 aromatic carbocycles. The van der Waals surface area contributed by atoms with Crippen molar-refractivity contribution in [2.75, 3.05) is 13.7 Å². The highest BCUT2D eigenvalue weighted by molar-refractivity contribution is 5.92. The first-order chi connectivity index (χ1) is 10.7. The van der Waals surface area contributed by atoms with Gasteiger partial charge in [-0.1, -0.05) is 20.3 Å². The summed E-state index contributed by atoms with van der Waals surface area (Å²) in [4.78, 5) is 34.4. The number of carbonyl (C=O) groups is 3. The molecule has 4 N–H and O–H groups in total. The second-order valence-electron chi connectivity index (χ2n) is 6.44. The highest BCUT2D eigenvalue weighted by Gasteiger charge is 2.36. The molecular weight excluding hydrogens is 304 g/mol. The van der Waals surface area contributed by atoms with Crippen molar-refractivity contribution in [2.45, 2.75) is 57.7 Å². The molecule has 0 saturated heterocycles. The highest BCUT2D eigenvalue weighted by atomic mass is 16.6. The van der Waals surface area contributed by atoms with Crippen LogP contribution in [0.1, 0.15) is 39.5 Å². The number of carbonyl (C=O) groups excluding carboxylic acids is 3. The van der Waals surface area contributed by atoms with Crippen LogP contribution in [0.3, 0.4) is 0 Å². The molecule has 0 heterocycles. The van der Waals surface area contributed by atoms with Crippen LogP contribution in [0.15, 0.2) is 0 Å². The Morgan fingerprint density at radius 1 is 1.17 bits per heavy atom. The number of esters is 3. The van der Waals surface area contributed by atoms with Gasteiger partial charge in [0.05, 0.1) is 26.2 Å². The van der Waals surface area contributed by atoms with Crippen LogP contribution in [-0.4, -0.2) is 49.8 Å². The summed E-state index contributed by atoms with van der Waals surface area (Å²) < 4.78 is 14.6. The van der Waals surface area contributed by atoms with Gasteiger partial charge < -0.3 is 25.7 Å². The van der Waals surface area contributed by atoms with Gasteiger partial charge >= 0.3 is 17.9 Å². The summed E-state index contributed by atoms with van der Waals surface area (Å²) in [7, 11) is 1.17. The van der Waals surface area contributed by atoms with E-state index >= 15 is 0 Å². The zero-order valence-electron chi connectivity index (χ0n) is 13.9. The van der Waals surface area contributed by atoms with Gasteiger partial charge in [-0.25, -0.2) is 9.59 Å². The quantitative estimate of drug-likeness (QED) is 0.487. The summed E-state index contributed by atoms with van der Waals surface area (Å²) in [5.74, 6) is -2.61. The van der Waals surface area contributed by atoms with Crippen LogP contribution in [0.4, 0.5) is 0 Å². The first kappa shape index (κ1) is 19.5. The van der Waals surface area contributed by atoms with E-state index in [9.17, 15) is 14.4 Å². The van der Waals surface area contributed by atoms with E-state index in [1.54, 1.807) is 0 Å². The predicted molar refractivity (Wildman–Crippen MR) is 81.1 cm³/mol. The molecule has 132 valence electrons. The van der Waals surface area contributed by atoms with Crippen LogP contribution in [-0.2, 0) is 28.6 Å². The van der Waals surface area contributed by atoms with E-state index in [1.807, 2.05) is 0 Å². The molecule has 1 aliphatic rings. The Balaban J connectivity index is 2.38. The Hall–Kier alpha value is -1.51. The van der Waals surface area contributed by atoms with Crippen molar-refractivity contribution in [3.05, 3.63) is 0 Å². The van der Waals surface area contributed by atoms with Gasteiger partial charge in [0.25, 0.3) is 0 Å². The van der Waals surface area contributed by atoms with Gasteiger partial charge in [0.1, 0.15) is 12.1 Å². The molecule has 8 heteroatoms. The Kier molecular flexibility index (Phi) is 7.11. The third-order valence-corrected chi connectivity index (χ3v) is 4.06. The fourth-order valence-electron chi connectivity index (χ4n) is 2.49. The predicted octanol–water partition coefficient (Wildman–Crippen LogP) is -0.131. The maximum atomic E-state index is 11.8. The summed E-state index contributed by atoms with van der Waals surface area (Å²) in [6.07, 6.45) is 2.69. The molecule has 8 nitrogen and oxygen atoms in total. The van der Waals surface area contributed by atoms with E-state index in [1.165, 1.54) is 7.11 Å². The van der Waals surface area contributed by atoms with Gasteiger partial charge in [-0.05, 0) is 18.3 Å². The van der Waals surface area contributed by atoms with Crippen LogP contribution >= 0.6 is 0 Å². The van der Waals surface area contributed by atoms with Crippen molar-refractivity contribution in [1.29, 1.82) is 0 Å². The molecule has 0 aliphatic heterocycles. The van der Waals surface area contributed by atoms with Crippen molar-refractivity contribution in [1.82, 2.24) is 0 Å². The van der Waals surface area contributed by atoms with Gasteiger partial charge in [-0.3, -0.25) is 4.79 Å². The van der Waals surface area contributed by atoms with E-state index in [4.69, 9.17) is 16.2 Å². The van der Waals surface area contributed by atoms with E-state index in [0.717, 1.165) is 19.3 Å². The molecule has 3 atom stereocenters. The molecule has 0 aromatic heterocycles. The smallest absolute Gasteiger partial charge is 0.333 e. The monoisotopic (exact) mass is 330 g/mol. The Bertz CT molecular complexity index is 451. The van der Waals surface area contributed by atoms with E-state index in [-0.39, 0.29) is 24.5 Å². The summed E-state index contributed by atoms with van der Waals surface area (Å²) in [5, 5.41) is 0. The minimum Gasteiger partial charge on any atom is -0.469 e. The summed E-state index contributed by atoms with van der Waals surface area (Å²) in [6, 6.07) is -2.35. The van der Waals surface area contributed by atoms with Gasteiger partial charge in [0.15, 0.2) is 0 Å². The van der Waals surface area contributed by atoms with Crippen molar-refractivity contribution in [3.63, 3.8) is 0 Å². The molecule has 23 heavy (non-hydrogen) atoms. The molecule has 0 spiro atoms. The van der Waals surface area contributed by atoms with Crippen molar-refractivity contribution in [3.8, 4) is 0 Å². The van der Waals surface area contributed by atoms with E-state index in [2.05, 4.69) is 23.3 Å². The third kappa shape index (κ3) is 5.89. The number of hydrogen-bond acceptors (Lipinski definition) is 8. The molecule has 1 aliphatic carbocycles. The van der Waals surface area contributed by atoms with Gasteiger partial charge in [-0.15, -0.1) is 0 Å². The maximum absolute atomic E-state index is 11.8. The van der Waals surface area contributed by atoms with Crippen LogP contribution in [0.2, 0.25) is 0 Å². The first-order valence-electron chi connectivity index (χ1n) is 7.62. The molecule has 1 fully saturated rings. The lowest BCUT2D eigenvalue weighted by molar-refractivity contribution is -0.164. The highest BCUT2D eigenvalue weighted by Crippen LogP contribution is 2.39. The minimum atomic E-state index is -1.27. The Labute approximate surface area is 135 Å². The number of rotatable bonds is 7. The SMILES string of the molecule is COC(=O)C[C@H](N)C(=O)OC(=O)[C@@H](N)COC1CCCC1(C)C. The maximum Gasteiger partial charge on any atom is 0.333 e. The van der Waals surface area contributed by atoms with E-state index < -0.39 is 30.0 Å². The normalized spacial score (nSPS) is 22.2. The third-order valence-electron chi connectivity index (χ3n) is 4.06. The van der Waals surface area contributed by atoms with E-state index in [0.29, 0.717) is 0 Å². The molecule has 1 unspecified atom stereocenters. The molecule has 1 rings (SSSR count). The molecule has 0 radical (unpaired) electrons. The zero-order chi connectivity index (χ0) is 17.6. The topological polar surface area (TPSA) is 131 Å². The Morgan fingerprint density at radius 3 is 2.30 bits per heavy atom. The summed E-state index contributed by atoms with van der Waals surface area (Å²) in [5.41, 5.74) is 11.2. The van der Waals surface area contributed by atoms with Crippen molar-refractivity contribution >= 4 is 17.9 Å². The number of ether oxygens (including phenoxy) is 3. The second kappa shape index (κ2) is 8.37. The average Bonchev–Trinajstić information content (AvgIpc) is 2.82. The largest absolute Gasteiger partial charge is 0.469 e. The van der Waals surface area contributed by atoms with Crippen LogP contribution < -0.4 is 11.5 Å². The fraction of sp³-hybridized carbons (Fsp3) is 0.800. The summed E-state index contributed by atoms with van der Waals surface area (Å²) >= 11 is 0. The Morgan fingerprint density at radius 2 is 1.78 bits per heavy atom. The molecule has 1 saturated carbocycles. The lowest BCUT2D eigenvalue weighted by Gasteiger charge is -2.27. The van der Waals surface area contributed by atoms with Crippen LogP contribution in [0.25, 0.3) is 0 Å². The molecule has 0 bridgehead atoms. The van der Waals surface area contributed by atoms with Crippen molar-refractivity contribution in [2.24, 2.45) is 16.9 Å². The second-order valence-corrected chi connectivity index (χ2v) is 6.44. The van der Waals surface area contributed by atoms with Crippen LogP contribution in [0.5, 0.6) is 0 Å². The lowest BCUT2D eigenvalue weighted by Crippen LogP contribution is -2.43. The van der Waals surface area contributed by atoms with Gasteiger partial charge in [0.2, 0.25) is 0 Å². The van der Waals surface area contributed by atoms with Gasteiger partial charge in [-0.2, -0.15) is 0 Å². The summed E-state index contributed by atoms with van der Waals surface area (Å²) in [6.45, 7) is 4.17. The van der Waals surface area contributed by atoms with Crippen molar-refractivity contribution < 1.29 is 28.6 Å². The minimum absolute atomic E-state index is 0.0265. The lowest BCUT2D eigenvalue weighted by atomic mass is 9.89. The average molecular weight is 330 g/mol. The number of methoxy groups -OCH3 is 1. The zero-order valence-corrected chi connectivity index (χ0v) is 13.9. The fourth-order valence-corrected chi connectivity index (χ4v) is 2.49. The molecule has 0 aromatic rings.